The van der Waals surface area contributed by atoms with Crippen molar-refractivity contribution < 1.29 is 9.18 Å². The molecule has 1 aromatic carbocycles. The van der Waals surface area contributed by atoms with Crippen molar-refractivity contribution >= 4 is 11.7 Å². The lowest BCUT2D eigenvalue weighted by molar-refractivity contribution is -0.122. The topological polar surface area (TPSA) is 61.4 Å². The Morgan fingerprint density at radius 3 is 2.48 bits per heavy atom. The first-order chi connectivity index (χ1) is 13.9. The second-order valence-corrected chi connectivity index (χ2v) is 7.87. The minimum Gasteiger partial charge on any atom is -0.355 e. The normalized spacial score (nSPS) is 15.0. The summed E-state index contributed by atoms with van der Waals surface area (Å²) in [6.07, 6.45) is 0.699. The second-order valence-electron chi connectivity index (χ2n) is 7.87. The van der Waals surface area contributed by atoms with Gasteiger partial charge in [0, 0.05) is 50.4 Å². The van der Waals surface area contributed by atoms with E-state index in [0.717, 1.165) is 49.1 Å². The number of anilines is 1. The molecule has 29 heavy (non-hydrogen) atoms. The van der Waals surface area contributed by atoms with Gasteiger partial charge in [0.2, 0.25) is 5.91 Å². The third kappa shape index (κ3) is 6.22. The number of aryl methyl sites for hydroxylation is 1. The van der Waals surface area contributed by atoms with E-state index in [2.05, 4.69) is 33.9 Å². The molecule has 0 atom stereocenters. The number of amides is 1. The van der Waals surface area contributed by atoms with Crippen molar-refractivity contribution in [2.75, 3.05) is 44.2 Å². The number of halogens is 1. The molecule has 1 N–H and O–H groups in total. The Morgan fingerprint density at radius 1 is 1.14 bits per heavy atom. The SMILES string of the molecule is Cc1cc(N2CCN(CC(=O)NCCc3ccc(F)cc3)CC2)nc(C(C)C)n1. The number of nitrogens with zero attached hydrogens (tertiary/aromatic N) is 4. The molecule has 156 valence electrons. The van der Waals surface area contributed by atoms with Gasteiger partial charge in [-0.1, -0.05) is 26.0 Å². The Hall–Kier alpha value is -2.54. The molecule has 6 nitrogen and oxygen atoms in total. The minimum atomic E-state index is -0.241. The van der Waals surface area contributed by atoms with Crippen molar-refractivity contribution in [3.8, 4) is 0 Å². The first-order valence-electron chi connectivity index (χ1n) is 10.2. The van der Waals surface area contributed by atoms with Crippen LogP contribution in [0.4, 0.5) is 10.2 Å². The number of hydrogen-bond acceptors (Lipinski definition) is 5. The molecular weight excluding hydrogens is 369 g/mol. The summed E-state index contributed by atoms with van der Waals surface area (Å²) in [7, 11) is 0. The Morgan fingerprint density at radius 2 is 1.83 bits per heavy atom. The average molecular weight is 400 g/mol. The quantitative estimate of drug-likeness (QED) is 0.775. The highest BCUT2D eigenvalue weighted by atomic mass is 19.1. The van der Waals surface area contributed by atoms with Gasteiger partial charge in [-0.15, -0.1) is 0 Å². The van der Waals surface area contributed by atoms with Gasteiger partial charge < -0.3 is 10.2 Å². The van der Waals surface area contributed by atoms with E-state index in [0.29, 0.717) is 25.4 Å². The molecule has 3 rings (SSSR count). The summed E-state index contributed by atoms with van der Waals surface area (Å²) in [6, 6.07) is 8.42. The van der Waals surface area contributed by atoms with Crippen molar-refractivity contribution in [3.05, 3.63) is 53.2 Å². The van der Waals surface area contributed by atoms with E-state index in [9.17, 15) is 9.18 Å². The second kappa shape index (κ2) is 9.78. The van der Waals surface area contributed by atoms with Crippen LogP contribution in [0.15, 0.2) is 30.3 Å². The molecule has 1 aliphatic rings. The molecule has 0 aliphatic carbocycles. The van der Waals surface area contributed by atoms with E-state index in [1.54, 1.807) is 12.1 Å². The van der Waals surface area contributed by atoms with E-state index in [4.69, 9.17) is 4.98 Å². The average Bonchev–Trinajstić information content (AvgIpc) is 2.69. The minimum absolute atomic E-state index is 0.0283. The van der Waals surface area contributed by atoms with Crippen LogP contribution in [0.5, 0.6) is 0 Å². The molecule has 0 radical (unpaired) electrons. The van der Waals surface area contributed by atoms with E-state index in [1.807, 2.05) is 13.0 Å². The predicted molar refractivity (Wildman–Crippen MR) is 113 cm³/mol. The molecule has 0 saturated carbocycles. The smallest absolute Gasteiger partial charge is 0.234 e. The van der Waals surface area contributed by atoms with Crippen LogP contribution in [0.2, 0.25) is 0 Å². The van der Waals surface area contributed by atoms with E-state index in [-0.39, 0.29) is 11.7 Å². The number of piperazine rings is 1. The summed E-state index contributed by atoms with van der Waals surface area (Å²) in [4.78, 5) is 25.9. The molecule has 1 fully saturated rings. The summed E-state index contributed by atoms with van der Waals surface area (Å²) in [5, 5.41) is 2.95. The lowest BCUT2D eigenvalue weighted by Gasteiger charge is -2.35. The molecule has 0 spiro atoms. The Kier molecular flexibility index (Phi) is 7.14. The third-order valence-corrected chi connectivity index (χ3v) is 5.09. The van der Waals surface area contributed by atoms with Crippen LogP contribution in [0, 0.1) is 12.7 Å². The van der Waals surface area contributed by atoms with Crippen molar-refractivity contribution in [2.24, 2.45) is 0 Å². The highest BCUT2D eigenvalue weighted by Gasteiger charge is 2.21. The van der Waals surface area contributed by atoms with Gasteiger partial charge in [-0.05, 0) is 31.0 Å². The van der Waals surface area contributed by atoms with Crippen LogP contribution < -0.4 is 10.2 Å². The maximum atomic E-state index is 12.9. The summed E-state index contributed by atoms with van der Waals surface area (Å²) >= 11 is 0. The van der Waals surface area contributed by atoms with Gasteiger partial charge in [0.15, 0.2) is 0 Å². The van der Waals surface area contributed by atoms with Gasteiger partial charge in [0.1, 0.15) is 17.5 Å². The summed E-state index contributed by atoms with van der Waals surface area (Å²) < 4.78 is 12.9. The van der Waals surface area contributed by atoms with Crippen LogP contribution in [-0.4, -0.2) is 60.0 Å². The van der Waals surface area contributed by atoms with E-state index < -0.39 is 0 Å². The van der Waals surface area contributed by atoms with Gasteiger partial charge in [-0.3, -0.25) is 9.69 Å². The molecule has 7 heteroatoms. The van der Waals surface area contributed by atoms with Crippen LogP contribution in [0.1, 0.15) is 36.8 Å². The van der Waals surface area contributed by atoms with Crippen molar-refractivity contribution in [3.63, 3.8) is 0 Å². The Bertz CT molecular complexity index is 816. The zero-order valence-corrected chi connectivity index (χ0v) is 17.5. The van der Waals surface area contributed by atoms with E-state index in [1.165, 1.54) is 12.1 Å². The summed E-state index contributed by atoms with van der Waals surface area (Å²) in [5.74, 6) is 1.94. The lowest BCUT2D eigenvalue weighted by atomic mass is 10.1. The number of rotatable bonds is 7. The first-order valence-corrected chi connectivity index (χ1v) is 10.2. The van der Waals surface area contributed by atoms with Crippen LogP contribution in [0.3, 0.4) is 0 Å². The molecule has 1 saturated heterocycles. The standard InChI is InChI=1S/C22H30FN5O/c1-16(2)22-25-17(3)14-20(26-22)28-12-10-27(11-13-28)15-21(29)24-9-8-18-4-6-19(23)7-5-18/h4-7,14,16H,8-13,15H2,1-3H3,(H,24,29). The highest BCUT2D eigenvalue weighted by Crippen LogP contribution is 2.18. The van der Waals surface area contributed by atoms with Gasteiger partial charge in [-0.2, -0.15) is 0 Å². The highest BCUT2D eigenvalue weighted by molar-refractivity contribution is 5.78. The fourth-order valence-electron chi connectivity index (χ4n) is 3.39. The fourth-order valence-corrected chi connectivity index (χ4v) is 3.39. The molecule has 0 bridgehead atoms. The summed E-state index contributed by atoms with van der Waals surface area (Å²) in [5.41, 5.74) is 2.00. The van der Waals surface area contributed by atoms with E-state index >= 15 is 0 Å². The van der Waals surface area contributed by atoms with Crippen molar-refractivity contribution in [1.29, 1.82) is 0 Å². The van der Waals surface area contributed by atoms with Gasteiger partial charge in [0.25, 0.3) is 0 Å². The van der Waals surface area contributed by atoms with Crippen LogP contribution >= 0.6 is 0 Å². The van der Waals surface area contributed by atoms with Gasteiger partial charge in [-0.25, -0.2) is 14.4 Å². The number of carbonyl (C=O) groups is 1. The molecule has 0 unspecified atom stereocenters. The maximum Gasteiger partial charge on any atom is 0.234 e. The monoisotopic (exact) mass is 399 g/mol. The zero-order chi connectivity index (χ0) is 20.8. The third-order valence-electron chi connectivity index (χ3n) is 5.09. The van der Waals surface area contributed by atoms with Crippen molar-refractivity contribution in [1.82, 2.24) is 20.2 Å². The largest absolute Gasteiger partial charge is 0.355 e. The Balaban J connectivity index is 1.42. The summed E-state index contributed by atoms with van der Waals surface area (Å²) in [6.45, 7) is 10.5. The maximum absolute atomic E-state index is 12.9. The fraction of sp³-hybridized carbons (Fsp3) is 0.500. The number of hydrogen-bond donors (Lipinski definition) is 1. The predicted octanol–water partition coefficient (Wildman–Crippen LogP) is 2.53. The Labute approximate surface area is 172 Å². The van der Waals surface area contributed by atoms with Gasteiger partial charge >= 0.3 is 0 Å². The van der Waals surface area contributed by atoms with Crippen LogP contribution in [-0.2, 0) is 11.2 Å². The molecule has 2 heterocycles. The van der Waals surface area contributed by atoms with Crippen LogP contribution in [0.25, 0.3) is 0 Å². The molecule has 1 aliphatic heterocycles. The molecule has 1 aromatic heterocycles. The lowest BCUT2D eigenvalue weighted by Crippen LogP contribution is -2.50. The number of benzene rings is 1. The molecule has 1 amide bonds. The molecule has 2 aromatic rings. The number of nitrogens with one attached hydrogen (secondary N) is 1. The van der Waals surface area contributed by atoms with Crippen molar-refractivity contribution in [2.45, 2.75) is 33.1 Å². The number of carbonyl (C=O) groups excluding carboxylic acids is 1. The number of aromatic nitrogens is 2. The molecular formula is C22H30FN5O. The van der Waals surface area contributed by atoms with Gasteiger partial charge in [0.05, 0.1) is 6.54 Å². The first kappa shape index (κ1) is 21.2. The zero-order valence-electron chi connectivity index (χ0n) is 17.5.